The van der Waals surface area contributed by atoms with Crippen molar-refractivity contribution in [2.75, 3.05) is 18.9 Å². The normalized spacial score (nSPS) is 28.0. The lowest BCUT2D eigenvalue weighted by Gasteiger charge is -2.33. The monoisotopic (exact) mass is 367 g/mol. The van der Waals surface area contributed by atoms with Crippen LogP contribution in [0.2, 0.25) is 0 Å². The summed E-state index contributed by atoms with van der Waals surface area (Å²) in [5.41, 5.74) is 6.59. The molecule has 0 aromatic carbocycles. The number of carbonyl (C=O) groups excluding carboxylic acids is 1. The highest BCUT2D eigenvalue weighted by molar-refractivity contribution is 9.10. The summed E-state index contributed by atoms with van der Waals surface area (Å²) in [6.07, 6.45) is 2.59. The van der Waals surface area contributed by atoms with E-state index in [9.17, 15) is 4.79 Å². The van der Waals surface area contributed by atoms with Crippen LogP contribution in [0, 0.1) is 0 Å². The van der Waals surface area contributed by atoms with Gasteiger partial charge in [-0.25, -0.2) is 14.8 Å². The fraction of sp³-hybridized carbons (Fsp3) is 0.462. The summed E-state index contributed by atoms with van der Waals surface area (Å²) in [7, 11) is 0. The van der Waals surface area contributed by atoms with Crippen LogP contribution in [-0.2, 0) is 9.47 Å². The number of aromatic nitrogens is 3. The van der Waals surface area contributed by atoms with Crippen LogP contribution in [0.3, 0.4) is 0 Å². The van der Waals surface area contributed by atoms with E-state index in [4.69, 9.17) is 15.2 Å². The molecule has 22 heavy (non-hydrogen) atoms. The minimum Gasteiger partial charge on any atom is -0.444 e. The molecular formula is C13H14BrN5O3. The molecule has 2 N–H and O–H groups in total. The van der Waals surface area contributed by atoms with Crippen LogP contribution in [0.1, 0.15) is 18.9 Å². The largest absolute Gasteiger partial charge is 0.444 e. The zero-order valence-electron chi connectivity index (χ0n) is 11.8. The summed E-state index contributed by atoms with van der Waals surface area (Å²) in [6, 6.07) is -0.0369. The molecule has 4 rings (SSSR count). The van der Waals surface area contributed by atoms with Gasteiger partial charge < -0.3 is 15.2 Å². The van der Waals surface area contributed by atoms with Gasteiger partial charge in [0.2, 0.25) is 0 Å². The molecule has 1 unspecified atom stereocenters. The third kappa shape index (κ3) is 1.88. The van der Waals surface area contributed by atoms with Crippen LogP contribution in [0.5, 0.6) is 0 Å². The number of ether oxygens (including phenoxy) is 2. The molecule has 0 aliphatic carbocycles. The van der Waals surface area contributed by atoms with E-state index < -0.39 is 0 Å². The predicted octanol–water partition coefficient (Wildman–Crippen LogP) is 1.35. The second-order valence-corrected chi connectivity index (χ2v) is 6.17. The van der Waals surface area contributed by atoms with E-state index in [0.29, 0.717) is 34.9 Å². The van der Waals surface area contributed by atoms with E-state index in [1.54, 1.807) is 17.3 Å². The number of halogens is 1. The van der Waals surface area contributed by atoms with Crippen LogP contribution < -0.4 is 5.73 Å². The second kappa shape index (κ2) is 4.82. The van der Waals surface area contributed by atoms with Crippen molar-refractivity contribution in [1.29, 1.82) is 0 Å². The number of fused-ring (bicyclic) bond motifs is 2. The van der Waals surface area contributed by atoms with Crippen molar-refractivity contribution in [1.82, 2.24) is 19.3 Å². The average Bonchev–Trinajstić information content (AvgIpc) is 2.98. The molecule has 3 atom stereocenters. The number of carbonyl (C=O) groups is 1. The summed E-state index contributed by atoms with van der Waals surface area (Å²) in [6.45, 7) is 2.70. The molecule has 9 heteroatoms. The maximum Gasteiger partial charge on any atom is 0.410 e. The number of nitrogens with two attached hydrogens (primary N) is 1. The second-order valence-electron chi connectivity index (χ2n) is 5.42. The van der Waals surface area contributed by atoms with Crippen molar-refractivity contribution in [3.8, 4) is 0 Å². The first-order valence-electron chi connectivity index (χ1n) is 6.93. The van der Waals surface area contributed by atoms with Crippen molar-refractivity contribution < 1.29 is 14.3 Å². The molecule has 1 amide bonds. The number of amides is 1. The van der Waals surface area contributed by atoms with Gasteiger partial charge in [0.1, 0.15) is 28.2 Å². The molecule has 2 aliphatic rings. The molecule has 2 aliphatic heterocycles. The standard InChI is InChI=1S/C13H14BrN5O3/c1-6-7-5-21-8(4-19(7)13(20)22-6)12-17-10(14)9-11(15)16-2-3-18(9)12/h2-3,6-8H,4-5H2,1H3,(H2,15,16)/t6?,7-,8+/m0/s1. The van der Waals surface area contributed by atoms with E-state index in [0.717, 1.165) is 0 Å². The molecule has 4 heterocycles. The minimum atomic E-state index is -0.338. The third-order valence-electron chi connectivity index (χ3n) is 4.15. The van der Waals surface area contributed by atoms with Crippen molar-refractivity contribution in [3.63, 3.8) is 0 Å². The number of rotatable bonds is 1. The molecule has 0 bridgehead atoms. The zero-order chi connectivity index (χ0) is 15.4. The Labute approximate surface area is 134 Å². The summed E-state index contributed by atoms with van der Waals surface area (Å²) in [5, 5.41) is 0. The molecule has 0 spiro atoms. The number of hydrogen-bond donors (Lipinski definition) is 1. The van der Waals surface area contributed by atoms with Gasteiger partial charge in [-0.2, -0.15) is 0 Å². The van der Waals surface area contributed by atoms with Gasteiger partial charge in [0.15, 0.2) is 5.82 Å². The molecule has 0 saturated carbocycles. The van der Waals surface area contributed by atoms with Crippen LogP contribution in [0.4, 0.5) is 10.6 Å². The molecule has 0 radical (unpaired) electrons. The Morgan fingerprint density at radius 2 is 2.32 bits per heavy atom. The molecule has 2 saturated heterocycles. The summed E-state index contributed by atoms with van der Waals surface area (Å²) < 4.78 is 13.6. The van der Waals surface area contributed by atoms with Crippen LogP contribution in [0.15, 0.2) is 17.0 Å². The summed E-state index contributed by atoms with van der Waals surface area (Å²) in [5.74, 6) is 1.07. The Bertz CT molecular complexity index is 763. The zero-order valence-corrected chi connectivity index (χ0v) is 13.4. The van der Waals surface area contributed by atoms with E-state index in [-0.39, 0.29) is 24.3 Å². The van der Waals surface area contributed by atoms with Crippen molar-refractivity contribution in [2.24, 2.45) is 0 Å². The topological polar surface area (TPSA) is 95.0 Å². The summed E-state index contributed by atoms with van der Waals surface area (Å²) in [4.78, 5) is 22.2. The molecule has 2 aromatic heterocycles. The lowest BCUT2D eigenvalue weighted by Crippen LogP contribution is -2.47. The van der Waals surface area contributed by atoms with Gasteiger partial charge in [0.05, 0.1) is 19.2 Å². The molecule has 116 valence electrons. The highest BCUT2D eigenvalue weighted by Gasteiger charge is 2.44. The summed E-state index contributed by atoms with van der Waals surface area (Å²) >= 11 is 3.40. The molecule has 8 nitrogen and oxygen atoms in total. The van der Waals surface area contributed by atoms with Crippen molar-refractivity contribution in [2.45, 2.75) is 25.2 Å². The molecular weight excluding hydrogens is 354 g/mol. The van der Waals surface area contributed by atoms with Gasteiger partial charge in [0.25, 0.3) is 0 Å². The Balaban J connectivity index is 1.72. The maximum absolute atomic E-state index is 11.9. The Kier molecular flexibility index (Phi) is 3.01. The number of nitrogens with zero attached hydrogens (tertiary/aromatic N) is 4. The first-order valence-corrected chi connectivity index (χ1v) is 7.72. The minimum absolute atomic E-state index is 0.0369. The van der Waals surface area contributed by atoms with E-state index in [2.05, 4.69) is 25.9 Å². The first kappa shape index (κ1) is 13.8. The smallest absolute Gasteiger partial charge is 0.410 e. The Hall–Kier alpha value is -1.87. The van der Waals surface area contributed by atoms with E-state index >= 15 is 0 Å². The van der Waals surface area contributed by atoms with Crippen molar-refractivity contribution >= 4 is 33.4 Å². The Morgan fingerprint density at radius 3 is 3.14 bits per heavy atom. The Morgan fingerprint density at radius 1 is 1.50 bits per heavy atom. The van der Waals surface area contributed by atoms with Gasteiger partial charge in [-0.1, -0.05) is 0 Å². The van der Waals surface area contributed by atoms with Gasteiger partial charge in [-0.3, -0.25) is 9.30 Å². The number of cyclic esters (lactones) is 1. The maximum atomic E-state index is 11.9. The quantitative estimate of drug-likeness (QED) is 0.817. The third-order valence-corrected chi connectivity index (χ3v) is 4.70. The van der Waals surface area contributed by atoms with E-state index in [1.807, 2.05) is 11.3 Å². The lowest BCUT2D eigenvalue weighted by molar-refractivity contribution is -0.0471. The fourth-order valence-corrected chi connectivity index (χ4v) is 3.58. The number of imidazole rings is 1. The van der Waals surface area contributed by atoms with Gasteiger partial charge in [-0.15, -0.1) is 0 Å². The average molecular weight is 368 g/mol. The lowest BCUT2D eigenvalue weighted by atomic mass is 10.1. The van der Waals surface area contributed by atoms with Crippen LogP contribution in [-0.4, -0.2) is 50.7 Å². The SMILES string of the molecule is CC1OC(=O)N2C[C@H](c3nc(Br)c4c(N)nccn34)OC[C@@H]12. The number of morpholine rings is 1. The van der Waals surface area contributed by atoms with E-state index in [1.165, 1.54) is 0 Å². The fourth-order valence-electron chi connectivity index (χ4n) is 3.00. The molecule has 2 aromatic rings. The van der Waals surface area contributed by atoms with Crippen LogP contribution in [0.25, 0.3) is 5.52 Å². The highest BCUT2D eigenvalue weighted by Crippen LogP contribution is 2.33. The predicted molar refractivity (Wildman–Crippen MR) is 80.2 cm³/mol. The number of hydrogen-bond acceptors (Lipinski definition) is 6. The van der Waals surface area contributed by atoms with Gasteiger partial charge in [0, 0.05) is 12.4 Å². The number of anilines is 1. The van der Waals surface area contributed by atoms with Gasteiger partial charge >= 0.3 is 6.09 Å². The molecule has 2 fully saturated rings. The van der Waals surface area contributed by atoms with Crippen molar-refractivity contribution in [3.05, 3.63) is 22.8 Å². The van der Waals surface area contributed by atoms with Gasteiger partial charge in [-0.05, 0) is 22.9 Å². The first-order chi connectivity index (χ1) is 10.6. The number of nitrogen functional groups attached to an aromatic ring is 1. The van der Waals surface area contributed by atoms with Crippen LogP contribution >= 0.6 is 15.9 Å². The highest BCUT2D eigenvalue weighted by atomic mass is 79.9.